The molecule has 0 aliphatic heterocycles. The van der Waals surface area contributed by atoms with Crippen molar-refractivity contribution in [1.82, 2.24) is 19.7 Å². The van der Waals surface area contributed by atoms with Crippen LogP contribution in [-0.4, -0.2) is 19.7 Å². The van der Waals surface area contributed by atoms with Gasteiger partial charge in [-0.3, -0.25) is 5.10 Å². The topological polar surface area (TPSA) is 46.5 Å². The number of hydrogen-bond donors (Lipinski definition) is 1. The number of aromatic amines is 1. The molecule has 0 aromatic carbocycles. The van der Waals surface area contributed by atoms with Crippen molar-refractivity contribution in [3.8, 4) is 0 Å². The maximum Gasteiger partial charge on any atom is 0.194 e. The van der Waals surface area contributed by atoms with Crippen molar-refractivity contribution in [3.05, 3.63) is 27.2 Å². The Morgan fingerprint density at radius 1 is 1.64 bits per heavy atom. The van der Waals surface area contributed by atoms with Crippen LogP contribution in [0.25, 0.3) is 0 Å². The Hall–Kier alpha value is -1.01. The Kier molecular flexibility index (Phi) is 2.74. The van der Waals surface area contributed by atoms with E-state index in [4.69, 9.17) is 12.2 Å². The highest BCUT2D eigenvalue weighted by Crippen LogP contribution is 2.08. The van der Waals surface area contributed by atoms with Gasteiger partial charge in [-0.25, -0.2) is 4.98 Å². The third-order valence-electron chi connectivity index (χ3n) is 1.89. The highest BCUT2D eigenvalue weighted by Gasteiger charge is 1.99. The first-order valence-corrected chi connectivity index (χ1v) is 5.55. The van der Waals surface area contributed by atoms with Crippen molar-refractivity contribution in [2.75, 3.05) is 0 Å². The van der Waals surface area contributed by atoms with Crippen LogP contribution in [0, 0.1) is 11.7 Å². The van der Waals surface area contributed by atoms with Crippen LogP contribution in [0.3, 0.4) is 0 Å². The summed E-state index contributed by atoms with van der Waals surface area (Å²) in [5.41, 5.74) is 1.12. The minimum Gasteiger partial charge on any atom is -0.306 e. The van der Waals surface area contributed by atoms with Gasteiger partial charge in [0.05, 0.1) is 10.7 Å². The molecule has 74 valence electrons. The molecule has 2 heterocycles. The quantitative estimate of drug-likeness (QED) is 0.814. The average Bonchev–Trinajstić information content (AvgIpc) is 2.72. The number of rotatable bonds is 3. The number of aryl methyl sites for hydroxylation is 3. The van der Waals surface area contributed by atoms with E-state index in [-0.39, 0.29) is 0 Å². The van der Waals surface area contributed by atoms with Crippen molar-refractivity contribution in [3.63, 3.8) is 0 Å². The Morgan fingerprint density at radius 3 is 3.07 bits per heavy atom. The largest absolute Gasteiger partial charge is 0.306 e. The Bertz CT molecular complexity index is 467. The number of H-pyrrole nitrogens is 1. The average molecular weight is 226 g/mol. The van der Waals surface area contributed by atoms with E-state index < -0.39 is 0 Å². The van der Waals surface area contributed by atoms with Crippen LogP contribution in [0.5, 0.6) is 0 Å². The summed E-state index contributed by atoms with van der Waals surface area (Å²) in [5.74, 6) is 0. The molecule has 6 heteroatoms. The zero-order chi connectivity index (χ0) is 9.97. The van der Waals surface area contributed by atoms with Gasteiger partial charge in [0.25, 0.3) is 0 Å². The van der Waals surface area contributed by atoms with Crippen LogP contribution in [0.15, 0.2) is 11.7 Å². The first-order valence-electron chi connectivity index (χ1n) is 4.26. The summed E-state index contributed by atoms with van der Waals surface area (Å²) < 4.78 is 2.57. The lowest BCUT2D eigenvalue weighted by molar-refractivity contribution is 0.676. The Labute approximate surface area is 90.6 Å². The molecular formula is C8H10N4S2. The molecular weight excluding hydrogens is 216 g/mol. The molecule has 2 rings (SSSR count). The first kappa shape index (κ1) is 9.54. The molecule has 0 unspecified atom stereocenters. The molecule has 4 nitrogen and oxygen atoms in total. The van der Waals surface area contributed by atoms with Crippen LogP contribution in [0.1, 0.15) is 10.7 Å². The lowest BCUT2D eigenvalue weighted by Gasteiger charge is -1.97. The maximum absolute atomic E-state index is 5.03. The fourth-order valence-electron chi connectivity index (χ4n) is 1.19. The van der Waals surface area contributed by atoms with E-state index in [1.807, 2.05) is 11.5 Å². The molecule has 0 saturated carbocycles. The molecule has 0 aliphatic rings. The van der Waals surface area contributed by atoms with Gasteiger partial charge in [-0.15, -0.1) is 11.3 Å². The number of aromatic nitrogens is 4. The second-order valence-corrected chi connectivity index (χ2v) is 4.41. The van der Waals surface area contributed by atoms with Crippen molar-refractivity contribution in [2.45, 2.75) is 19.9 Å². The molecule has 0 amide bonds. The molecule has 14 heavy (non-hydrogen) atoms. The van der Waals surface area contributed by atoms with Gasteiger partial charge in [-0.05, 0) is 19.1 Å². The first-order chi connectivity index (χ1) is 6.75. The van der Waals surface area contributed by atoms with Gasteiger partial charge >= 0.3 is 0 Å². The number of thiazole rings is 1. The molecule has 0 saturated heterocycles. The van der Waals surface area contributed by atoms with Gasteiger partial charge in [-0.2, -0.15) is 5.10 Å². The number of nitrogens with one attached hydrogen (secondary N) is 1. The van der Waals surface area contributed by atoms with Crippen LogP contribution in [-0.2, 0) is 13.0 Å². The third-order valence-corrected chi connectivity index (χ3v) is 3.04. The van der Waals surface area contributed by atoms with Crippen molar-refractivity contribution in [2.24, 2.45) is 0 Å². The fraction of sp³-hybridized carbons (Fsp3) is 0.375. The van der Waals surface area contributed by atoms with Gasteiger partial charge in [0.2, 0.25) is 0 Å². The lowest BCUT2D eigenvalue weighted by Crippen LogP contribution is -2.00. The lowest BCUT2D eigenvalue weighted by atomic mass is 10.3. The van der Waals surface area contributed by atoms with Crippen LogP contribution in [0.2, 0.25) is 0 Å². The van der Waals surface area contributed by atoms with Gasteiger partial charge in [0.1, 0.15) is 6.33 Å². The summed E-state index contributed by atoms with van der Waals surface area (Å²) in [6.07, 6.45) is 2.61. The van der Waals surface area contributed by atoms with E-state index in [1.54, 1.807) is 17.7 Å². The number of hydrogen-bond acceptors (Lipinski definition) is 4. The summed E-state index contributed by atoms with van der Waals surface area (Å²) in [6.45, 7) is 2.84. The Balaban J connectivity index is 2.01. The molecule has 2 aromatic heterocycles. The van der Waals surface area contributed by atoms with E-state index in [1.165, 1.54) is 0 Å². The van der Waals surface area contributed by atoms with Crippen LogP contribution in [0.4, 0.5) is 0 Å². The minimum absolute atomic E-state index is 0.664. The molecule has 0 bridgehead atoms. The van der Waals surface area contributed by atoms with Gasteiger partial charge in [-0.1, -0.05) is 0 Å². The highest BCUT2D eigenvalue weighted by atomic mass is 32.1. The van der Waals surface area contributed by atoms with Crippen molar-refractivity contribution in [1.29, 1.82) is 0 Å². The summed E-state index contributed by atoms with van der Waals surface area (Å²) in [6, 6.07) is 0. The summed E-state index contributed by atoms with van der Waals surface area (Å²) in [5, 5.41) is 9.76. The fourth-order valence-corrected chi connectivity index (χ4v) is 2.03. The molecule has 1 N–H and O–H groups in total. The number of nitrogens with zero attached hydrogens (tertiary/aromatic N) is 3. The second-order valence-electron chi connectivity index (χ2n) is 2.96. The minimum atomic E-state index is 0.664. The van der Waals surface area contributed by atoms with Crippen LogP contribution < -0.4 is 0 Å². The smallest absolute Gasteiger partial charge is 0.194 e. The van der Waals surface area contributed by atoms with Gasteiger partial charge in [0, 0.05) is 18.3 Å². The van der Waals surface area contributed by atoms with E-state index >= 15 is 0 Å². The molecule has 0 atom stereocenters. The molecule has 2 aromatic rings. The standard InChI is InChI=1S/C8H10N4S2/c1-6-10-7(4-14-6)2-3-12-5-9-11-8(12)13/h4-5H,2-3H2,1H3,(H,11,13). The zero-order valence-electron chi connectivity index (χ0n) is 7.73. The maximum atomic E-state index is 5.03. The van der Waals surface area contributed by atoms with Crippen molar-refractivity contribution >= 4 is 23.6 Å². The molecule has 0 aliphatic carbocycles. The van der Waals surface area contributed by atoms with Gasteiger partial charge in [0.15, 0.2) is 4.77 Å². The summed E-state index contributed by atoms with van der Waals surface area (Å²) >= 11 is 6.71. The third kappa shape index (κ3) is 2.08. The van der Waals surface area contributed by atoms with E-state index in [0.717, 1.165) is 23.7 Å². The summed E-state index contributed by atoms with van der Waals surface area (Å²) in [4.78, 5) is 4.38. The van der Waals surface area contributed by atoms with E-state index in [2.05, 4.69) is 20.6 Å². The van der Waals surface area contributed by atoms with Crippen molar-refractivity contribution < 1.29 is 0 Å². The normalized spacial score (nSPS) is 10.6. The summed E-state index contributed by atoms with van der Waals surface area (Å²) in [7, 11) is 0. The second kappa shape index (κ2) is 4.02. The monoisotopic (exact) mass is 226 g/mol. The predicted octanol–water partition coefficient (Wildman–Crippen LogP) is 1.95. The van der Waals surface area contributed by atoms with E-state index in [0.29, 0.717) is 4.77 Å². The molecule has 0 radical (unpaired) electrons. The van der Waals surface area contributed by atoms with Crippen LogP contribution >= 0.6 is 23.6 Å². The van der Waals surface area contributed by atoms with E-state index in [9.17, 15) is 0 Å². The SMILES string of the molecule is Cc1nc(CCn2cn[nH]c2=S)cs1. The molecule has 0 fully saturated rings. The van der Waals surface area contributed by atoms with Gasteiger partial charge < -0.3 is 4.57 Å². The predicted molar refractivity (Wildman–Crippen MR) is 58.0 cm³/mol. The highest BCUT2D eigenvalue weighted by molar-refractivity contribution is 7.71. The Morgan fingerprint density at radius 2 is 2.50 bits per heavy atom. The molecule has 0 spiro atoms. The zero-order valence-corrected chi connectivity index (χ0v) is 9.36.